The first-order chi connectivity index (χ1) is 12.8. The van der Waals surface area contributed by atoms with Crippen molar-refractivity contribution in [2.24, 2.45) is 0 Å². The van der Waals surface area contributed by atoms with E-state index in [1.165, 1.54) is 0 Å². The minimum atomic E-state index is 0.00821. The van der Waals surface area contributed by atoms with E-state index in [0.717, 1.165) is 47.7 Å². The molecular weight excluding hydrogens is 328 g/mol. The molecule has 0 unspecified atom stereocenters. The maximum atomic E-state index is 12.5. The van der Waals surface area contributed by atoms with E-state index in [0.29, 0.717) is 11.6 Å². The van der Waals surface area contributed by atoms with E-state index in [-0.39, 0.29) is 11.6 Å². The lowest BCUT2D eigenvalue weighted by molar-refractivity contribution is 0.516. The number of aromatic nitrogens is 5. The van der Waals surface area contributed by atoms with E-state index >= 15 is 0 Å². The summed E-state index contributed by atoms with van der Waals surface area (Å²) in [6.45, 7) is 0. The Morgan fingerprint density at radius 2 is 1.96 bits per heavy atom. The molecule has 0 bridgehead atoms. The van der Waals surface area contributed by atoms with Crippen LogP contribution in [0.2, 0.25) is 0 Å². The van der Waals surface area contributed by atoms with Crippen molar-refractivity contribution in [2.75, 3.05) is 5.32 Å². The molecule has 0 saturated heterocycles. The van der Waals surface area contributed by atoms with Crippen molar-refractivity contribution in [1.29, 1.82) is 0 Å². The second-order valence-corrected chi connectivity index (χ2v) is 6.75. The van der Waals surface area contributed by atoms with Gasteiger partial charge in [0.05, 0.1) is 11.7 Å². The van der Waals surface area contributed by atoms with Gasteiger partial charge < -0.3 is 5.32 Å². The van der Waals surface area contributed by atoms with E-state index in [4.69, 9.17) is 0 Å². The highest BCUT2D eigenvalue weighted by atomic mass is 16.1. The largest absolute Gasteiger partial charge is 0.324 e. The Morgan fingerprint density at radius 3 is 2.85 bits per heavy atom. The van der Waals surface area contributed by atoms with Gasteiger partial charge in [-0.1, -0.05) is 12.8 Å². The van der Waals surface area contributed by atoms with Gasteiger partial charge in [-0.3, -0.25) is 14.5 Å². The van der Waals surface area contributed by atoms with Crippen LogP contribution in [0.1, 0.15) is 31.7 Å². The number of fused-ring (bicyclic) bond motifs is 2. The Bertz CT molecular complexity index is 1160. The molecule has 1 aliphatic carbocycles. The van der Waals surface area contributed by atoms with Crippen LogP contribution in [0.4, 0.5) is 11.6 Å². The average molecular weight is 346 g/mol. The average Bonchev–Trinajstić information content (AvgIpc) is 3.32. The van der Waals surface area contributed by atoms with Crippen LogP contribution in [0.25, 0.3) is 21.9 Å². The van der Waals surface area contributed by atoms with E-state index in [9.17, 15) is 4.79 Å². The number of hydrogen-bond donors (Lipinski definition) is 2. The number of benzene rings is 1. The SMILES string of the molecule is O=c1ccc2cnc(Nc3ccc4[nH]ncc4c3)nc2n1C1CCCC1. The van der Waals surface area contributed by atoms with Crippen LogP contribution in [0.3, 0.4) is 0 Å². The van der Waals surface area contributed by atoms with Crippen molar-refractivity contribution in [2.45, 2.75) is 31.7 Å². The number of rotatable bonds is 3. The smallest absolute Gasteiger partial charge is 0.252 e. The van der Waals surface area contributed by atoms with Gasteiger partial charge in [-0.2, -0.15) is 10.1 Å². The first-order valence-electron chi connectivity index (χ1n) is 8.86. The Balaban J connectivity index is 1.57. The molecule has 1 saturated carbocycles. The quantitative estimate of drug-likeness (QED) is 0.592. The molecule has 3 aromatic heterocycles. The highest BCUT2D eigenvalue weighted by Crippen LogP contribution is 2.30. The van der Waals surface area contributed by atoms with Gasteiger partial charge in [-0.15, -0.1) is 0 Å². The summed E-state index contributed by atoms with van der Waals surface area (Å²) in [5.41, 5.74) is 2.56. The summed E-state index contributed by atoms with van der Waals surface area (Å²) in [6.07, 6.45) is 7.93. The van der Waals surface area contributed by atoms with Gasteiger partial charge in [0.25, 0.3) is 5.56 Å². The third kappa shape index (κ3) is 2.52. The molecule has 26 heavy (non-hydrogen) atoms. The Labute approximate surface area is 149 Å². The summed E-state index contributed by atoms with van der Waals surface area (Å²) < 4.78 is 1.84. The zero-order valence-electron chi connectivity index (χ0n) is 14.1. The van der Waals surface area contributed by atoms with Crippen molar-refractivity contribution >= 4 is 33.6 Å². The third-order valence-corrected chi connectivity index (χ3v) is 5.05. The Morgan fingerprint density at radius 1 is 1.08 bits per heavy atom. The Kier molecular flexibility index (Phi) is 3.44. The van der Waals surface area contributed by atoms with Gasteiger partial charge in [0, 0.05) is 34.8 Å². The number of aromatic amines is 1. The number of hydrogen-bond acceptors (Lipinski definition) is 5. The maximum Gasteiger partial charge on any atom is 0.252 e. The molecule has 1 fully saturated rings. The van der Waals surface area contributed by atoms with Crippen molar-refractivity contribution in [3.63, 3.8) is 0 Å². The summed E-state index contributed by atoms with van der Waals surface area (Å²) in [5, 5.41) is 12.1. The fourth-order valence-electron chi connectivity index (χ4n) is 3.76. The summed E-state index contributed by atoms with van der Waals surface area (Å²) in [4.78, 5) is 21.5. The van der Waals surface area contributed by atoms with Crippen LogP contribution in [-0.2, 0) is 0 Å². The van der Waals surface area contributed by atoms with Gasteiger partial charge in [0.1, 0.15) is 5.65 Å². The van der Waals surface area contributed by atoms with Gasteiger partial charge in [0.2, 0.25) is 5.95 Å². The minimum Gasteiger partial charge on any atom is -0.324 e. The Hall–Kier alpha value is -3.22. The topological polar surface area (TPSA) is 88.5 Å². The first-order valence-corrected chi connectivity index (χ1v) is 8.86. The normalized spacial score (nSPS) is 15.1. The minimum absolute atomic E-state index is 0.00821. The number of H-pyrrole nitrogens is 1. The predicted molar refractivity (Wildman–Crippen MR) is 101 cm³/mol. The zero-order chi connectivity index (χ0) is 17.5. The summed E-state index contributed by atoms with van der Waals surface area (Å²) in [6, 6.07) is 9.54. The fourth-order valence-corrected chi connectivity index (χ4v) is 3.76. The third-order valence-electron chi connectivity index (χ3n) is 5.05. The van der Waals surface area contributed by atoms with Crippen LogP contribution in [0.5, 0.6) is 0 Å². The lowest BCUT2D eigenvalue weighted by Crippen LogP contribution is -2.23. The van der Waals surface area contributed by atoms with Crippen LogP contribution in [0, 0.1) is 0 Å². The predicted octanol–water partition coefficient (Wildman–Crippen LogP) is 3.53. The molecule has 0 amide bonds. The van der Waals surface area contributed by atoms with Gasteiger partial charge in [0.15, 0.2) is 0 Å². The summed E-state index contributed by atoms with van der Waals surface area (Å²) >= 11 is 0. The molecule has 2 N–H and O–H groups in total. The fraction of sp³-hybridized carbons (Fsp3) is 0.263. The standard InChI is InChI=1S/C19H18N6O/c26-17-8-5-12-10-20-19(23-18(12)25(17)15-3-1-2-4-15)22-14-6-7-16-13(9-14)11-21-24-16/h5-11,15H,1-4H2,(H,21,24)(H,20,22,23). The molecule has 5 rings (SSSR count). The molecule has 7 nitrogen and oxygen atoms in total. The highest BCUT2D eigenvalue weighted by Gasteiger charge is 2.20. The van der Waals surface area contributed by atoms with Gasteiger partial charge in [-0.05, 0) is 37.1 Å². The molecule has 7 heteroatoms. The second kappa shape index (κ2) is 5.94. The van der Waals surface area contributed by atoms with Gasteiger partial charge in [-0.25, -0.2) is 4.98 Å². The van der Waals surface area contributed by atoms with Crippen LogP contribution in [-0.4, -0.2) is 24.7 Å². The molecular formula is C19H18N6O. The molecule has 0 atom stereocenters. The van der Waals surface area contributed by atoms with E-state index in [1.54, 1.807) is 24.5 Å². The van der Waals surface area contributed by atoms with E-state index in [1.807, 2.05) is 22.8 Å². The lowest BCUT2D eigenvalue weighted by atomic mass is 10.2. The molecule has 0 aliphatic heterocycles. The van der Waals surface area contributed by atoms with Crippen molar-refractivity contribution in [3.8, 4) is 0 Å². The monoisotopic (exact) mass is 346 g/mol. The molecule has 0 radical (unpaired) electrons. The maximum absolute atomic E-state index is 12.5. The summed E-state index contributed by atoms with van der Waals surface area (Å²) in [5.74, 6) is 0.484. The zero-order valence-corrected chi connectivity index (χ0v) is 14.1. The van der Waals surface area contributed by atoms with Crippen molar-refractivity contribution in [1.82, 2.24) is 24.7 Å². The number of pyridine rings is 1. The second-order valence-electron chi connectivity index (χ2n) is 6.75. The molecule has 1 aromatic carbocycles. The molecule has 3 heterocycles. The first kappa shape index (κ1) is 15.1. The summed E-state index contributed by atoms with van der Waals surface area (Å²) in [7, 11) is 0. The van der Waals surface area contributed by atoms with Crippen molar-refractivity contribution in [3.05, 3.63) is 53.1 Å². The number of anilines is 2. The highest BCUT2D eigenvalue weighted by molar-refractivity contribution is 5.83. The molecule has 1 aliphatic rings. The van der Waals surface area contributed by atoms with Crippen molar-refractivity contribution < 1.29 is 0 Å². The van der Waals surface area contributed by atoms with Crippen LogP contribution >= 0.6 is 0 Å². The van der Waals surface area contributed by atoms with E-state index in [2.05, 4.69) is 25.5 Å². The molecule has 0 spiro atoms. The van der Waals surface area contributed by atoms with Crippen LogP contribution < -0.4 is 10.9 Å². The molecule has 4 aromatic rings. The van der Waals surface area contributed by atoms with E-state index < -0.39 is 0 Å². The number of nitrogens with zero attached hydrogens (tertiary/aromatic N) is 4. The van der Waals surface area contributed by atoms with Crippen LogP contribution in [0.15, 0.2) is 47.5 Å². The van der Waals surface area contributed by atoms with Gasteiger partial charge >= 0.3 is 0 Å². The number of nitrogens with one attached hydrogen (secondary N) is 2. The lowest BCUT2D eigenvalue weighted by Gasteiger charge is -2.16. The molecule has 130 valence electrons.